The van der Waals surface area contributed by atoms with Crippen molar-refractivity contribution < 1.29 is 9.53 Å². The fourth-order valence-corrected chi connectivity index (χ4v) is 5.00. The van der Waals surface area contributed by atoms with Gasteiger partial charge in [-0.1, -0.05) is 36.7 Å². The summed E-state index contributed by atoms with van der Waals surface area (Å²) in [6.07, 6.45) is 1.83. The number of unbranched alkanes of at least 4 members (excludes halogenated alkanes) is 1. The number of carbonyl (C=O) groups excluding carboxylic acids is 1. The Morgan fingerprint density at radius 2 is 2.16 bits per heavy atom. The van der Waals surface area contributed by atoms with Gasteiger partial charge in [0.2, 0.25) is 11.7 Å². The number of methoxy groups -OCH3 is 1. The molecule has 0 fully saturated rings. The number of rotatable bonds is 8. The normalized spacial score (nSPS) is 11.3. The number of thiophene rings is 1. The molecule has 0 radical (unpaired) electrons. The van der Waals surface area contributed by atoms with E-state index < -0.39 is 0 Å². The maximum absolute atomic E-state index is 12.9. The Bertz CT molecular complexity index is 1310. The summed E-state index contributed by atoms with van der Waals surface area (Å²) in [6, 6.07) is 6.93. The van der Waals surface area contributed by atoms with Crippen LogP contribution in [0.4, 0.5) is 5.69 Å². The van der Waals surface area contributed by atoms with Crippen molar-refractivity contribution in [3.05, 3.63) is 45.0 Å². The number of benzene rings is 1. The van der Waals surface area contributed by atoms with Crippen molar-refractivity contribution in [2.45, 2.75) is 31.5 Å². The zero-order chi connectivity index (χ0) is 22.0. The second-order valence-corrected chi connectivity index (χ2v) is 9.02. The molecule has 0 saturated heterocycles. The van der Waals surface area contributed by atoms with Gasteiger partial charge in [0.15, 0.2) is 5.16 Å². The molecule has 0 aliphatic heterocycles. The maximum atomic E-state index is 12.9. The van der Waals surface area contributed by atoms with Crippen LogP contribution in [0, 0.1) is 0 Å². The van der Waals surface area contributed by atoms with E-state index in [1.54, 1.807) is 22.8 Å². The van der Waals surface area contributed by atoms with E-state index in [2.05, 4.69) is 22.4 Å². The molecule has 0 spiro atoms. The first-order chi connectivity index (χ1) is 15.0. The van der Waals surface area contributed by atoms with Crippen molar-refractivity contribution in [2.75, 3.05) is 18.2 Å². The van der Waals surface area contributed by atoms with Crippen molar-refractivity contribution in [2.24, 2.45) is 0 Å². The van der Waals surface area contributed by atoms with Crippen LogP contribution >= 0.6 is 34.7 Å². The van der Waals surface area contributed by atoms with Gasteiger partial charge in [0.25, 0.3) is 5.56 Å². The van der Waals surface area contributed by atoms with Gasteiger partial charge in [-0.25, -0.2) is 0 Å². The second kappa shape index (κ2) is 9.29. The Labute approximate surface area is 191 Å². The van der Waals surface area contributed by atoms with Crippen LogP contribution in [0.5, 0.6) is 5.75 Å². The summed E-state index contributed by atoms with van der Waals surface area (Å²) in [4.78, 5) is 25.3. The minimum absolute atomic E-state index is 0.0518. The molecular formula is C20H20ClN5O3S2. The van der Waals surface area contributed by atoms with Crippen molar-refractivity contribution in [3.8, 4) is 5.75 Å². The van der Waals surface area contributed by atoms with E-state index in [4.69, 9.17) is 16.3 Å². The number of hydrogen-bond acceptors (Lipinski definition) is 7. The number of ether oxygens (including phenoxy) is 1. The van der Waals surface area contributed by atoms with Crippen molar-refractivity contribution in [1.82, 2.24) is 19.2 Å². The van der Waals surface area contributed by atoms with Crippen LogP contribution in [0.2, 0.25) is 5.02 Å². The SMILES string of the molecule is CCCCn1c(=O)c2sccc2n2c(SCC(=O)Nc3ccc(OC)c(Cl)c3)nnc12. The van der Waals surface area contributed by atoms with Crippen molar-refractivity contribution in [3.63, 3.8) is 0 Å². The summed E-state index contributed by atoms with van der Waals surface area (Å²) in [5.74, 6) is 0.959. The maximum Gasteiger partial charge on any atom is 0.272 e. The van der Waals surface area contributed by atoms with E-state index >= 15 is 0 Å². The van der Waals surface area contributed by atoms with E-state index in [-0.39, 0.29) is 17.2 Å². The number of thioether (sulfide) groups is 1. The van der Waals surface area contributed by atoms with Crippen LogP contribution in [0.1, 0.15) is 19.8 Å². The molecule has 0 bridgehead atoms. The number of aromatic nitrogens is 4. The Morgan fingerprint density at radius 3 is 2.90 bits per heavy atom. The topological polar surface area (TPSA) is 90.5 Å². The zero-order valence-electron chi connectivity index (χ0n) is 16.9. The van der Waals surface area contributed by atoms with Crippen LogP contribution in [-0.4, -0.2) is 37.9 Å². The molecule has 1 aromatic carbocycles. The summed E-state index contributed by atoms with van der Waals surface area (Å²) < 4.78 is 9.30. The first-order valence-corrected chi connectivity index (χ1v) is 11.9. The highest BCUT2D eigenvalue weighted by Crippen LogP contribution is 2.28. The third kappa shape index (κ3) is 4.28. The predicted octanol–water partition coefficient (Wildman–Crippen LogP) is 4.30. The number of fused-ring (bicyclic) bond motifs is 3. The van der Waals surface area contributed by atoms with Gasteiger partial charge in [0, 0.05) is 12.2 Å². The molecule has 0 saturated carbocycles. The Hall–Kier alpha value is -2.56. The summed E-state index contributed by atoms with van der Waals surface area (Å²) >= 11 is 8.77. The summed E-state index contributed by atoms with van der Waals surface area (Å²) in [6.45, 7) is 2.65. The predicted molar refractivity (Wildman–Crippen MR) is 125 cm³/mol. The number of aryl methyl sites for hydroxylation is 1. The lowest BCUT2D eigenvalue weighted by Gasteiger charge is -2.09. The third-order valence-corrected chi connectivity index (χ3v) is 6.80. The van der Waals surface area contributed by atoms with Gasteiger partial charge >= 0.3 is 0 Å². The van der Waals surface area contributed by atoms with Gasteiger partial charge < -0.3 is 10.1 Å². The first-order valence-electron chi connectivity index (χ1n) is 9.64. The van der Waals surface area contributed by atoms with Crippen molar-refractivity contribution in [1.29, 1.82) is 0 Å². The quantitative estimate of drug-likeness (QED) is 0.380. The molecule has 0 atom stereocenters. The highest BCUT2D eigenvalue weighted by Gasteiger charge is 2.18. The average Bonchev–Trinajstić information content (AvgIpc) is 3.39. The van der Waals surface area contributed by atoms with Crippen molar-refractivity contribution >= 4 is 62.3 Å². The standard InChI is InChI=1S/C20H20ClN5O3S2/c1-3-4-8-25-18(28)17-14(7-9-30-17)26-19(25)23-24-20(26)31-11-16(27)22-12-5-6-15(29-2)13(21)10-12/h5-7,9-10H,3-4,8,11H2,1-2H3,(H,22,27). The Kier molecular flexibility index (Phi) is 6.49. The Morgan fingerprint density at radius 1 is 1.32 bits per heavy atom. The molecule has 11 heteroatoms. The highest BCUT2D eigenvalue weighted by atomic mass is 35.5. The van der Waals surface area contributed by atoms with Crippen LogP contribution in [0.3, 0.4) is 0 Å². The van der Waals surface area contributed by atoms with Gasteiger partial charge in [0.1, 0.15) is 10.4 Å². The Balaban J connectivity index is 1.58. The van der Waals surface area contributed by atoms with E-state index in [0.29, 0.717) is 38.6 Å². The number of halogens is 1. The smallest absolute Gasteiger partial charge is 0.272 e. The van der Waals surface area contributed by atoms with Crippen LogP contribution in [0.15, 0.2) is 39.6 Å². The minimum Gasteiger partial charge on any atom is -0.495 e. The summed E-state index contributed by atoms with van der Waals surface area (Å²) in [5.41, 5.74) is 1.28. The largest absolute Gasteiger partial charge is 0.495 e. The lowest BCUT2D eigenvalue weighted by atomic mass is 10.3. The number of carbonyl (C=O) groups is 1. The number of anilines is 1. The van der Waals surface area contributed by atoms with Crippen LogP contribution in [-0.2, 0) is 11.3 Å². The number of hydrogen-bond donors (Lipinski definition) is 1. The van der Waals surface area contributed by atoms with E-state index in [9.17, 15) is 9.59 Å². The van der Waals surface area contributed by atoms with E-state index in [1.807, 2.05) is 15.8 Å². The lowest BCUT2D eigenvalue weighted by Crippen LogP contribution is -2.22. The molecule has 8 nitrogen and oxygen atoms in total. The summed E-state index contributed by atoms with van der Waals surface area (Å²) in [5, 5.41) is 14.2. The second-order valence-electron chi connectivity index (χ2n) is 6.75. The monoisotopic (exact) mass is 477 g/mol. The average molecular weight is 478 g/mol. The van der Waals surface area contributed by atoms with Gasteiger partial charge in [-0.3, -0.25) is 18.6 Å². The molecule has 3 aromatic heterocycles. The van der Waals surface area contributed by atoms with Crippen LogP contribution < -0.4 is 15.6 Å². The van der Waals surface area contributed by atoms with Crippen LogP contribution in [0.25, 0.3) is 16.0 Å². The molecule has 31 heavy (non-hydrogen) atoms. The molecule has 162 valence electrons. The first kappa shape index (κ1) is 21.7. The molecule has 0 aliphatic rings. The fraction of sp³-hybridized carbons (Fsp3) is 0.300. The zero-order valence-corrected chi connectivity index (χ0v) is 19.3. The molecule has 1 amide bonds. The van der Waals surface area contributed by atoms with E-state index in [0.717, 1.165) is 18.4 Å². The summed E-state index contributed by atoms with van der Waals surface area (Å²) in [7, 11) is 1.53. The lowest BCUT2D eigenvalue weighted by molar-refractivity contribution is -0.113. The van der Waals surface area contributed by atoms with Gasteiger partial charge in [0.05, 0.1) is 23.4 Å². The van der Waals surface area contributed by atoms with Gasteiger partial charge in [-0.05, 0) is 36.1 Å². The molecule has 4 aromatic rings. The molecule has 0 aliphatic carbocycles. The van der Waals surface area contributed by atoms with Gasteiger partial charge in [-0.15, -0.1) is 21.5 Å². The third-order valence-electron chi connectivity index (χ3n) is 4.69. The highest BCUT2D eigenvalue weighted by molar-refractivity contribution is 7.99. The molecule has 0 unspecified atom stereocenters. The minimum atomic E-state index is -0.205. The number of nitrogens with zero attached hydrogens (tertiary/aromatic N) is 4. The van der Waals surface area contributed by atoms with E-state index in [1.165, 1.54) is 30.2 Å². The van der Waals surface area contributed by atoms with Gasteiger partial charge in [-0.2, -0.15) is 0 Å². The number of nitrogens with one attached hydrogen (secondary N) is 1. The molecule has 1 N–H and O–H groups in total. The number of amides is 1. The molecule has 4 rings (SSSR count). The molecule has 3 heterocycles. The molecular weight excluding hydrogens is 458 g/mol. The fourth-order valence-electron chi connectivity index (χ4n) is 3.18.